The van der Waals surface area contributed by atoms with E-state index in [2.05, 4.69) is 27.2 Å². The van der Waals surface area contributed by atoms with Gasteiger partial charge in [0.25, 0.3) is 0 Å². The monoisotopic (exact) mass is 222 g/mol. The Bertz CT molecular complexity index is 419. The van der Waals surface area contributed by atoms with Crippen LogP contribution in [0.1, 0.15) is 5.56 Å². The van der Waals surface area contributed by atoms with Gasteiger partial charge >= 0.3 is 0 Å². The first-order chi connectivity index (χ1) is 7.25. The third-order valence-electron chi connectivity index (χ3n) is 2.14. The summed E-state index contributed by atoms with van der Waals surface area (Å²) in [6.45, 7) is 0.859. The minimum absolute atomic E-state index is 0.697. The molecule has 0 aliphatic carbocycles. The van der Waals surface area contributed by atoms with Gasteiger partial charge in [0.15, 0.2) is 5.82 Å². The van der Waals surface area contributed by atoms with Crippen molar-refractivity contribution in [3.8, 4) is 0 Å². The molecule has 0 saturated heterocycles. The van der Waals surface area contributed by atoms with Gasteiger partial charge in [-0.05, 0) is 28.8 Å². The van der Waals surface area contributed by atoms with Crippen LogP contribution in [-0.2, 0) is 13.5 Å². The molecule has 0 amide bonds. The van der Waals surface area contributed by atoms with Crippen LogP contribution in [0, 0.1) is 0 Å². The Morgan fingerprint density at radius 1 is 1.60 bits per heavy atom. The van der Waals surface area contributed by atoms with Crippen molar-refractivity contribution in [2.75, 3.05) is 17.6 Å². The molecule has 0 aromatic carbocycles. The van der Waals surface area contributed by atoms with Crippen LogP contribution in [0.25, 0.3) is 0 Å². The molecule has 0 saturated carbocycles. The molecular weight excluding hydrogens is 208 g/mol. The molecule has 0 spiro atoms. The molecule has 80 valence electrons. The van der Waals surface area contributed by atoms with Gasteiger partial charge in [-0.1, -0.05) is 0 Å². The molecule has 2 aromatic rings. The van der Waals surface area contributed by atoms with Crippen molar-refractivity contribution in [1.29, 1.82) is 0 Å². The standard InChI is InChI=1S/C10H14N4S/c1-14-6-9(11)10(13-14)12-4-2-8-3-5-15-7-8/h3,5-7H,2,4,11H2,1H3,(H,12,13). The van der Waals surface area contributed by atoms with Crippen molar-refractivity contribution in [1.82, 2.24) is 9.78 Å². The van der Waals surface area contributed by atoms with Crippen LogP contribution < -0.4 is 11.1 Å². The normalized spacial score (nSPS) is 10.5. The van der Waals surface area contributed by atoms with Crippen molar-refractivity contribution >= 4 is 22.8 Å². The van der Waals surface area contributed by atoms with E-state index in [1.165, 1.54) is 5.56 Å². The zero-order chi connectivity index (χ0) is 10.7. The maximum Gasteiger partial charge on any atom is 0.171 e. The molecule has 0 atom stereocenters. The molecule has 0 aliphatic heterocycles. The average Bonchev–Trinajstić information content (AvgIpc) is 2.77. The van der Waals surface area contributed by atoms with E-state index in [9.17, 15) is 0 Å². The minimum atomic E-state index is 0.697. The van der Waals surface area contributed by atoms with Crippen LogP contribution in [-0.4, -0.2) is 16.3 Å². The topological polar surface area (TPSA) is 55.9 Å². The second-order valence-corrected chi connectivity index (χ2v) is 4.20. The van der Waals surface area contributed by atoms with Gasteiger partial charge in [0.05, 0.1) is 5.69 Å². The first-order valence-corrected chi connectivity index (χ1v) is 5.74. The lowest BCUT2D eigenvalue weighted by Crippen LogP contribution is -2.06. The zero-order valence-electron chi connectivity index (χ0n) is 8.60. The molecule has 4 nitrogen and oxygen atoms in total. The summed E-state index contributed by atoms with van der Waals surface area (Å²) in [5, 5.41) is 11.7. The zero-order valence-corrected chi connectivity index (χ0v) is 9.42. The molecule has 3 N–H and O–H groups in total. The van der Waals surface area contributed by atoms with Crippen LogP contribution in [0.4, 0.5) is 11.5 Å². The molecule has 2 aromatic heterocycles. The molecule has 0 unspecified atom stereocenters. The maximum absolute atomic E-state index is 5.76. The van der Waals surface area contributed by atoms with Crippen LogP contribution >= 0.6 is 11.3 Å². The minimum Gasteiger partial charge on any atom is -0.394 e. The number of hydrogen-bond acceptors (Lipinski definition) is 4. The molecule has 0 fully saturated rings. The van der Waals surface area contributed by atoms with Crippen LogP contribution in [0.2, 0.25) is 0 Å². The summed E-state index contributed by atoms with van der Waals surface area (Å²) < 4.78 is 1.71. The fourth-order valence-electron chi connectivity index (χ4n) is 1.40. The number of nitrogens with two attached hydrogens (primary N) is 1. The molecular formula is C10H14N4S. The smallest absolute Gasteiger partial charge is 0.171 e. The van der Waals surface area contributed by atoms with Gasteiger partial charge in [0.1, 0.15) is 0 Å². The Hall–Kier alpha value is -1.49. The lowest BCUT2D eigenvalue weighted by Gasteiger charge is -2.02. The second kappa shape index (κ2) is 4.35. The van der Waals surface area contributed by atoms with Crippen molar-refractivity contribution in [3.05, 3.63) is 28.6 Å². The highest BCUT2D eigenvalue weighted by Gasteiger charge is 2.02. The number of nitrogen functional groups attached to an aromatic ring is 1. The maximum atomic E-state index is 5.76. The fourth-order valence-corrected chi connectivity index (χ4v) is 2.11. The third kappa shape index (κ3) is 2.50. The van der Waals surface area contributed by atoms with E-state index in [0.717, 1.165) is 18.8 Å². The van der Waals surface area contributed by atoms with E-state index < -0.39 is 0 Å². The predicted molar refractivity (Wildman–Crippen MR) is 64.1 cm³/mol. The summed E-state index contributed by atoms with van der Waals surface area (Å²) in [5.74, 6) is 0.771. The Kier molecular flexibility index (Phi) is 2.91. The molecule has 5 heteroatoms. The lowest BCUT2D eigenvalue weighted by atomic mass is 10.2. The summed E-state index contributed by atoms with van der Waals surface area (Å²) in [7, 11) is 1.86. The Morgan fingerprint density at radius 3 is 3.07 bits per heavy atom. The largest absolute Gasteiger partial charge is 0.394 e. The van der Waals surface area contributed by atoms with E-state index in [0.29, 0.717) is 5.69 Å². The first kappa shape index (κ1) is 10.0. The van der Waals surface area contributed by atoms with Crippen molar-refractivity contribution in [3.63, 3.8) is 0 Å². The van der Waals surface area contributed by atoms with Gasteiger partial charge in [0.2, 0.25) is 0 Å². The van der Waals surface area contributed by atoms with Crippen molar-refractivity contribution in [2.24, 2.45) is 7.05 Å². The second-order valence-electron chi connectivity index (χ2n) is 3.42. The fraction of sp³-hybridized carbons (Fsp3) is 0.300. The number of nitrogens with one attached hydrogen (secondary N) is 1. The highest BCUT2D eigenvalue weighted by Crippen LogP contribution is 2.14. The Morgan fingerprint density at radius 2 is 2.47 bits per heavy atom. The van der Waals surface area contributed by atoms with Crippen LogP contribution in [0.5, 0.6) is 0 Å². The lowest BCUT2D eigenvalue weighted by molar-refractivity contribution is 0.768. The number of nitrogens with zero attached hydrogens (tertiary/aromatic N) is 2. The van der Waals surface area contributed by atoms with Gasteiger partial charge in [-0.25, -0.2) is 0 Å². The van der Waals surface area contributed by atoms with Gasteiger partial charge in [-0.2, -0.15) is 16.4 Å². The summed E-state index contributed by atoms with van der Waals surface area (Å²) in [6.07, 6.45) is 2.80. The van der Waals surface area contributed by atoms with Crippen molar-refractivity contribution in [2.45, 2.75) is 6.42 Å². The number of aryl methyl sites for hydroxylation is 1. The Balaban J connectivity index is 1.86. The van der Waals surface area contributed by atoms with Crippen LogP contribution in [0.15, 0.2) is 23.0 Å². The molecule has 15 heavy (non-hydrogen) atoms. The van der Waals surface area contributed by atoms with Gasteiger partial charge in [-0.15, -0.1) is 0 Å². The third-order valence-corrected chi connectivity index (χ3v) is 2.88. The highest BCUT2D eigenvalue weighted by atomic mass is 32.1. The number of aromatic nitrogens is 2. The Labute approximate surface area is 92.7 Å². The molecule has 0 aliphatic rings. The first-order valence-electron chi connectivity index (χ1n) is 4.80. The number of anilines is 2. The number of thiophene rings is 1. The average molecular weight is 222 g/mol. The van der Waals surface area contributed by atoms with Crippen molar-refractivity contribution < 1.29 is 0 Å². The van der Waals surface area contributed by atoms with Gasteiger partial charge in [0, 0.05) is 19.8 Å². The van der Waals surface area contributed by atoms with Crippen LogP contribution in [0.3, 0.4) is 0 Å². The van der Waals surface area contributed by atoms with Gasteiger partial charge in [-0.3, -0.25) is 4.68 Å². The highest BCUT2D eigenvalue weighted by molar-refractivity contribution is 7.07. The SMILES string of the molecule is Cn1cc(N)c(NCCc2ccsc2)n1. The van der Waals surface area contributed by atoms with E-state index in [-0.39, 0.29) is 0 Å². The van der Waals surface area contributed by atoms with E-state index in [4.69, 9.17) is 5.73 Å². The summed E-state index contributed by atoms with van der Waals surface area (Å²) in [4.78, 5) is 0. The summed E-state index contributed by atoms with van der Waals surface area (Å²) in [6, 6.07) is 2.13. The molecule has 2 rings (SSSR count). The van der Waals surface area contributed by atoms with E-state index >= 15 is 0 Å². The van der Waals surface area contributed by atoms with E-state index in [1.54, 1.807) is 22.2 Å². The molecule has 0 radical (unpaired) electrons. The number of rotatable bonds is 4. The van der Waals surface area contributed by atoms with E-state index in [1.807, 2.05) is 7.05 Å². The van der Waals surface area contributed by atoms with Gasteiger partial charge < -0.3 is 11.1 Å². The summed E-state index contributed by atoms with van der Waals surface area (Å²) in [5.41, 5.74) is 7.80. The summed E-state index contributed by atoms with van der Waals surface area (Å²) >= 11 is 1.72. The molecule has 2 heterocycles. The quantitative estimate of drug-likeness (QED) is 0.828. The number of hydrogen-bond donors (Lipinski definition) is 2. The predicted octanol–water partition coefficient (Wildman–Crippen LogP) is 1.72. The molecule has 0 bridgehead atoms.